The molecule has 2 atom stereocenters. The van der Waals surface area contributed by atoms with Gasteiger partial charge in [0.2, 0.25) is 0 Å². The van der Waals surface area contributed by atoms with E-state index in [4.69, 9.17) is 28.0 Å². The molecule has 49 heavy (non-hydrogen) atoms. The summed E-state index contributed by atoms with van der Waals surface area (Å²) in [5.41, 5.74) is -2.20. The summed E-state index contributed by atoms with van der Waals surface area (Å²) < 4.78 is 220. The largest absolute Gasteiger partial charge is 0.484 e. The van der Waals surface area contributed by atoms with Crippen molar-refractivity contribution in [3.8, 4) is 39.1 Å². The SMILES string of the molecule is [2H]C1=C(c2c([2H])c([2H])c([2H])c([2H])c2[2H])C2Oc3c([2H])c([2H])c(-c4ccc(-c5c6c([2H])c([2H])c([2H])c([2H])c6c(-c6c([2H])c([2H])c([2H])c([2H])c6[2H])c6c([2H])c([2H])c([2H])c([2H])c56)c5ccccc45)c([2H])c3C2C([2H])=C1[2H]. The lowest BCUT2D eigenvalue weighted by molar-refractivity contribution is 0.278. The van der Waals surface area contributed by atoms with Gasteiger partial charge in [-0.05, 0) is 83.3 Å². The highest BCUT2D eigenvalue weighted by Gasteiger charge is 2.37. The third-order valence-electron chi connectivity index (χ3n) is 8.73. The van der Waals surface area contributed by atoms with Crippen LogP contribution in [0.15, 0.2) is 181 Å². The minimum absolute atomic E-state index is 0.0876. The van der Waals surface area contributed by atoms with Gasteiger partial charge in [0.25, 0.3) is 0 Å². The van der Waals surface area contributed by atoms with Crippen LogP contribution in [0, 0.1) is 0 Å². The molecule has 0 radical (unpaired) electrons. The van der Waals surface area contributed by atoms with E-state index in [1.54, 1.807) is 24.3 Å². The molecule has 0 saturated carbocycles. The average molecular weight is 649 g/mol. The first-order valence-electron chi connectivity index (χ1n) is 27.1. The predicted molar refractivity (Wildman–Crippen MR) is 206 cm³/mol. The van der Waals surface area contributed by atoms with Gasteiger partial charge in [0.1, 0.15) is 11.9 Å². The van der Waals surface area contributed by atoms with Crippen LogP contribution in [0.3, 0.4) is 0 Å². The summed E-state index contributed by atoms with van der Waals surface area (Å²) in [5, 5.41) is -1.07. The Morgan fingerprint density at radius 3 is 1.73 bits per heavy atom. The lowest BCUT2D eigenvalue weighted by Gasteiger charge is -2.23. The van der Waals surface area contributed by atoms with E-state index >= 15 is 0 Å². The Morgan fingerprint density at radius 2 is 1.06 bits per heavy atom. The summed E-state index contributed by atoms with van der Waals surface area (Å²) in [6.07, 6.45) is -1.55. The van der Waals surface area contributed by atoms with Gasteiger partial charge in [0.05, 0.1) is 32.9 Å². The van der Waals surface area contributed by atoms with Crippen molar-refractivity contribution in [1.82, 2.24) is 0 Å². The van der Waals surface area contributed by atoms with Crippen molar-refractivity contribution in [3.05, 3.63) is 193 Å². The quantitative estimate of drug-likeness (QED) is 0.173. The van der Waals surface area contributed by atoms with Crippen molar-refractivity contribution in [3.63, 3.8) is 0 Å². The van der Waals surface area contributed by atoms with Crippen LogP contribution in [0.4, 0.5) is 0 Å². The molecule has 0 spiro atoms. The van der Waals surface area contributed by atoms with E-state index in [1.807, 2.05) is 0 Å². The molecule has 0 aromatic heterocycles. The highest BCUT2D eigenvalue weighted by molar-refractivity contribution is 6.24. The van der Waals surface area contributed by atoms with Crippen molar-refractivity contribution in [1.29, 1.82) is 0 Å². The van der Waals surface area contributed by atoms with E-state index in [1.165, 1.54) is 12.1 Å². The highest BCUT2D eigenvalue weighted by atomic mass is 16.5. The van der Waals surface area contributed by atoms with Crippen LogP contribution in [0.25, 0.3) is 71.3 Å². The predicted octanol–water partition coefficient (Wildman–Crippen LogP) is 12.6. The molecule has 0 N–H and O–H groups in total. The minimum atomic E-state index is -1.55. The number of fused-ring (bicyclic) bond motifs is 6. The van der Waals surface area contributed by atoms with Gasteiger partial charge in [0, 0.05) is 17.1 Å². The van der Waals surface area contributed by atoms with Crippen LogP contribution in [-0.2, 0) is 0 Å². The maximum atomic E-state index is 9.76. The zero-order chi connectivity index (χ0) is 53.2. The molecule has 1 aliphatic carbocycles. The summed E-state index contributed by atoms with van der Waals surface area (Å²) >= 11 is 0. The third-order valence-corrected chi connectivity index (χ3v) is 8.73. The Labute approximate surface area is 319 Å². The average Bonchev–Trinajstić information content (AvgIpc) is 3.78. The first kappa shape index (κ1) is 13.0. The monoisotopic (exact) mass is 648 g/mol. The number of hydrogen-bond donors (Lipinski definition) is 0. The summed E-state index contributed by atoms with van der Waals surface area (Å²) in [5.74, 6) is -1.82. The summed E-state index contributed by atoms with van der Waals surface area (Å²) in [7, 11) is 0. The van der Waals surface area contributed by atoms with Crippen molar-refractivity contribution in [2.24, 2.45) is 0 Å². The fraction of sp³-hybridized carbons (Fsp3) is 0.0417. The molecule has 2 unspecified atom stereocenters. The van der Waals surface area contributed by atoms with E-state index in [9.17, 15) is 9.60 Å². The molecule has 1 aliphatic heterocycles. The van der Waals surface area contributed by atoms with Crippen molar-refractivity contribution >= 4 is 37.9 Å². The smallest absolute Gasteiger partial charge is 0.135 e. The zero-order valence-electron chi connectivity index (χ0n) is 49.0. The molecule has 0 bridgehead atoms. The molecule has 0 amide bonds. The van der Waals surface area contributed by atoms with Gasteiger partial charge < -0.3 is 4.74 Å². The second-order valence-corrected chi connectivity index (χ2v) is 11.3. The fourth-order valence-corrected chi connectivity index (χ4v) is 6.67. The number of allylic oxidation sites excluding steroid dienone is 2. The minimum Gasteiger partial charge on any atom is -0.484 e. The number of benzene rings is 8. The first-order valence-corrected chi connectivity index (χ1v) is 15.1. The van der Waals surface area contributed by atoms with Gasteiger partial charge in [-0.3, -0.25) is 0 Å². The van der Waals surface area contributed by atoms with Gasteiger partial charge in [-0.15, -0.1) is 0 Å². The van der Waals surface area contributed by atoms with Crippen molar-refractivity contribution in [2.75, 3.05) is 0 Å². The lowest BCUT2D eigenvalue weighted by atomic mass is 9.82. The van der Waals surface area contributed by atoms with Gasteiger partial charge in [-0.2, -0.15) is 0 Å². The number of ether oxygens (including phenoxy) is 1. The molecule has 0 saturated heterocycles. The van der Waals surface area contributed by atoms with Crippen LogP contribution < -0.4 is 4.74 Å². The number of hydrogen-bond acceptors (Lipinski definition) is 1. The first-order chi connectivity index (χ1) is 34.3. The van der Waals surface area contributed by atoms with Crippen LogP contribution in [0.1, 0.15) is 49.9 Å². The molecular weight excluding hydrogens is 593 g/mol. The molecule has 0 fully saturated rings. The topological polar surface area (TPSA) is 9.23 Å². The highest BCUT2D eigenvalue weighted by Crippen LogP contribution is 2.49. The van der Waals surface area contributed by atoms with Gasteiger partial charge in [0.15, 0.2) is 0 Å². The second kappa shape index (κ2) is 11.2. The Bertz CT molecular complexity index is 3870. The van der Waals surface area contributed by atoms with E-state index in [0.717, 1.165) is 0 Å². The molecule has 2 aliphatic rings. The molecule has 8 aromatic rings. The standard InChI is InChI=1S/C48H32O/c1-3-14-31(15-4-1)35-24-13-25-43-44-30-33(26-29-45(44)49-48(35)43)34-27-28-42(37-19-8-7-18-36(34)37)47-40-22-11-9-20-38(40)46(32-16-5-2-6-17-32)39-21-10-12-23-41(39)47/h1-30,43,48H/i1D,2D,3D,4D,5D,6D,9D,10D,11D,12D,13D,14D,15D,16D,17D,20D,21D,22D,23D,24D,25D,26D,29D,30D. The summed E-state index contributed by atoms with van der Waals surface area (Å²) in [4.78, 5) is 0. The molecule has 1 heterocycles. The van der Waals surface area contributed by atoms with E-state index in [2.05, 4.69) is 0 Å². The lowest BCUT2D eigenvalue weighted by Crippen LogP contribution is -2.21. The molecule has 10 rings (SSSR count). The van der Waals surface area contributed by atoms with E-state index in [-0.39, 0.29) is 60.7 Å². The third kappa shape index (κ3) is 4.40. The Morgan fingerprint density at radius 1 is 0.490 bits per heavy atom. The van der Waals surface area contributed by atoms with E-state index in [0.29, 0.717) is 0 Å². The Balaban J connectivity index is 1.30. The molecule has 8 aromatic carbocycles. The van der Waals surface area contributed by atoms with Crippen molar-refractivity contribution < 1.29 is 37.6 Å². The van der Waals surface area contributed by atoms with E-state index < -0.39 is 185 Å². The van der Waals surface area contributed by atoms with Crippen molar-refractivity contribution in [2.45, 2.75) is 12.0 Å². The molecular formula is C48H32O. The number of rotatable bonds is 4. The van der Waals surface area contributed by atoms with Crippen LogP contribution >= 0.6 is 0 Å². The van der Waals surface area contributed by atoms with Gasteiger partial charge in [-0.1, -0.05) is 169 Å². The van der Waals surface area contributed by atoms with Crippen LogP contribution in [-0.4, -0.2) is 6.10 Å². The fourth-order valence-electron chi connectivity index (χ4n) is 6.67. The molecule has 1 nitrogen and oxygen atoms in total. The molecule has 1 heteroatoms. The summed E-state index contributed by atoms with van der Waals surface area (Å²) in [6, 6.07) is -8.09. The maximum absolute atomic E-state index is 9.76. The molecule has 230 valence electrons. The Kier molecular flexibility index (Phi) is 2.98. The Hall–Kier alpha value is -6.18. The van der Waals surface area contributed by atoms with Crippen LogP contribution in [0.5, 0.6) is 5.75 Å². The van der Waals surface area contributed by atoms with Gasteiger partial charge in [-0.25, -0.2) is 0 Å². The van der Waals surface area contributed by atoms with Crippen LogP contribution in [0.2, 0.25) is 0 Å². The summed E-state index contributed by atoms with van der Waals surface area (Å²) in [6.45, 7) is 0. The zero-order valence-corrected chi connectivity index (χ0v) is 25.0. The van der Waals surface area contributed by atoms with Gasteiger partial charge >= 0.3 is 0 Å². The second-order valence-electron chi connectivity index (χ2n) is 11.3. The normalized spacial score (nSPS) is 23.8. The maximum Gasteiger partial charge on any atom is 0.135 e.